The quantitative estimate of drug-likeness (QED) is 0.769. The predicted molar refractivity (Wildman–Crippen MR) is 75.9 cm³/mol. The molecule has 0 atom stereocenters. The second-order valence-electron chi connectivity index (χ2n) is 4.94. The first-order valence-corrected chi connectivity index (χ1v) is 7.08. The van der Waals surface area contributed by atoms with E-state index < -0.39 is 0 Å². The summed E-state index contributed by atoms with van der Waals surface area (Å²) in [5, 5.41) is 0. The summed E-state index contributed by atoms with van der Waals surface area (Å²) in [6.45, 7) is 6.84. The first-order chi connectivity index (χ1) is 8.02. The Labute approximate surface area is 116 Å². The molecule has 1 aliphatic heterocycles. The minimum Gasteiger partial charge on any atom is -0.372 e. The van der Waals surface area contributed by atoms with Gasteiger partial charge in [-0.15, -0.1) is 11.6 Å². The van der Waals surface area contributed by atoms with Crippen molar-refractivity contribution < 1.29 is 4.74 Å². The summed E-state index contributed by atoms with van der Waals surface area (Å²) in [6, 6.07) is 6.28. The number of alkyl halides is 1. The highest BCUT2D eigenvalue weighted by Crippen LogP contribution is 2.29. The van der Waals surface area contributed by atoms with Gasteiger partial charge in [-0.2, -0.15) is 0 Å². The third-order valence-corrected chi connectivity index (χ3v) is 3.73. The average molecular weight is 319 g/mol. The maximum atomic E-state index is 6.02. The molecule has 1 aromatic carbocycles. The molecule has 0 bridgehead atoms. The van der Waals surface area contributed by atoms with Crippen LogP contribution in [0.25, 0.3) is 0 Å². The lowest BCUT2D eigenvalue weighted by atomic mass is 10.1. The number of halogens is 2. The zero-order chi connectivity index (χ0) is 12.5. The van der Waals surface area contributed by atoms with E-state index in [0.717, 1.165) is 24.2 Å². The second-order valence-corrected chi connectivity index (χ2v) is 6.12. The molecule has 0 N–H and O–H groups in total. The van der Waals surface area contributed by atoms with Gasteiger partial charge >= 0.3 is 0 Å². The van der Waals surface area contributed by atoms with E-state index in [1.807, 2.05) is 0 Å². The molecule has 0 amide bonds. The van der Waals surface area contributed by atoms with Gasteiger partial charge in [-0.3, -0.25) is 0 Å². The van der Waals surface area contributed by atoms with Gasteiger partial charge in [0.1, 0.15) is 0 Å². The van der Waals surface area contributed by atoms with Crippen LogP contribution in [0.5, 0.6) is 0 Å². The maximum Gasteiger partial charge on any atom is 0.0801 e. The lowest BCUT2D eigenvalue weighted by molar-refractivity contribution is -0.0277. The molecule has 1 aliphatic rings. The molecular weight excluding hydrogens is 302 g/mol. The smallest absolute Gasteiger partial charge is 0.0801 e. The monoisotopic (exact) mass is 317 g/mol. The van der Waals surface area contributed by atoms with Gasteiger partial charge in [-0.1, -0.05) is 15.9 Å². The van der Waals surface area contributed by atoms with Crippen molar-refractivity contribution in [3.63, 3.8) is 0 Å². The normalized spacial score (nSPS) is 19.4. The van der Waals surface area contributed by atoms with Gasteiger partial charge in [0.25, 0.3) is 0 Å². The van der Waals surface area contributed by atoms with Crippen molar-refractivity contribution in [2.24, 2.45) is 0 Å². The van der Waals surface area contributed by atoms with Gasteiger partial charge in [-0.25, -0.2) is 0 Å². The Balaban J connectivity index is 2.27. The Hall–Kier alpha value is -0.250. The molecule has 2 rings (SSSR count). The summed E-state index contributed by atoms with van der Waals surface area (Å²) < 4.78 is 6.80. The van der Waals surface area contributed by atoms with E-state index >= 15 is 0 Å². The van der Waals surface area contributed by atoms with Crippen molar-refractivity contribution in [1.82, 2.24) is 0 Å². The zero-order valence-corrected chi connectivity index (χ0v) is 12.5. The van der Waals surface area contributed by atoms with Crippen molar-refractivity contribution in [3.05, 3.63) is 28.2 Å². The fourth-order valence-corrected chi connectivity index (χ4v) is 2.81. The summed E-state index contributed by atoms with van der Waals surface area (Å²) in [5.74, 6) is 0.534. The summed E-state index contributed by atoms with van der Waals surface area (Å²) >= 11 is 9.50. The van der Waals surface area contributed by atoms with E-state index in [9.17, 15) is 0 Å². The number of benzene rings is 1. The lowest BCUT2D eigenvalue weighted by Gasteiger charge is -2.40. The third kappa shape index (κ3) is 3.15. The van der Waals surface area contributed by atoms with Crippen LogP contribution in [0, 0.1) is 0 Å². The standard InChI is InChI=1S/C13H17BrClNO/c1-13(2)9-16(5-6-17-13)12-4-3-11(14)7-10(12)8-15/h3-4,7H,5-6,8-9H2,1-2H3. The van der Waals surface area contributed by atoms with Crippen molar-refractivity contribution in [2.75, 3.05) is 24.6 Å². The molecule has 17 heavy (non-hydrogen) atoms. The molecule has 0 aromatic heterocycles. The molecular formula is C13H17BrClNO. The van der Waals surface area contributed by atoms with E-state index in [0.29, 0.717) is 5.88 Å². The van der Waals surface area contributed by atoms with Gasteiger partial charge < -0.3 is 9.64 Å². The van der Waals surface area contributed by atoms with E-state index in [1.165, 1.54) is 11.3 Å². The van der Waals surface area contributed by atoms with Crippen molar-refractivity contribution >= 4 is 33.2 Å². The van der Waals surface area contributed by atoms with E-state index in [1.54, 1.807) is 0 Å². The minimum absolute atomic E-state index is 0.0884. The molecule has 2 nitrogen and oxygen atoms in total. The first-order valence-electron chi connectivity index (χ1n) is 5.75. The molecule has 4 heteroatoms. The Morgan fingerprint density at radius 2 is 2.24 bits per heavy atom. The van der Waals surface area contributed by atoms with Gasteiger partial charge in [0.05, 0.1) is 12.2 Å². The molecule has 0 spiro atoms. The zero-order valence-electron chi connectivity index (χ0n) is 10.2. The van der Waals surface area contributed by atoms with Crippen LogP contribution in [0.2, 0.25) is 0 Å². The van der Waals surface area contributed by atoms with E-state index in [-0.39, 0.29) is 5.60 Å². The SMILES string of the molecule is CC1(C)CN(c2ccc(Br)cc2CCl)CCO1. The van der Waals surface area contributed by atoms with E-state index in [2.05, 4.69) is 52.9 Å². The molecule has 0 saturated carbocycles. The predicted octanol–water partition coefficient (Wildman–Crippen LogP) is 3.80. The highest BCUT2D eigenvalue weighted by molar-refractivity contribution is 9.10. The summed E-state index contributed by atoms with van der Waals surface area (Å²) in [7, 11) is 0. The Bertz CT molecular complexity index is 408. The average Bonchev–Trinajstić information content (AvgIpc) is 2.27. The maximum absolute atomic E-state index is 6.02. The molecule has 1 aromatic rings. The number of rotatable bonds is 2. The number of nitrogens with zero attached hydrogens (tertiary/aromatic N) is 1. The number of anilines is 1. The third-order valence-electron chi connectivity index (χ3n) is 2.95. The summed E-state index contributed by atoms with van der Waals surface area (Å²) in [5.41, 5.74) is 2.30. The minimum atomic E-state index is -0.0884. The summed E-state index contributed by atoms with van der Waals surface area (Å²) in [6.07, 6.45) is 0. The van der Waals surface area contributed by atoms with Crippen molar-refractivity contribution in [2.45, 2.75) is 25.3 Å². The van der Waals surface area contributed by atoms with Crippen LogP contribution in [0.4, 0.5) is 5.69 Å². The highest BCUT2D eigenvalue weighted by atomic mass is 79.9. The second kappa shape index (κ2) is 5.17. The van der Waals surface area contributed by atoms with Crippen molar-refractivity contribution in [3.8, 4) is 0 Å². The van der Waals surface area contributed by atoms with Gasteiger partial charge in [0, 0.05) is 29.1 Å². The highest BCUT2D eigenvalue weighted by Gasteiger charge is 2.28. The fourth-order valence-electron chi connectivity index (χ4n) is 2.19. The van der Waals surface area contributed by atoms with Crippen LogP contribution in [-0.4, -0.2) is 25.3 Å². The Morgan fingerprint density at radius 1 is 1.47 bits per heavy atom. The van der Waals surface area contributed by atoms with Crippen molar-refractivity contribution in [1.29, 1.82) is 0 Å². The molecule has 1 fully saturated rings. The van der Waals surface area contributed by atoms with E-state index in [4.69, 9.17) is 16.3 Å². The molecule has 1 heterocycles. The summed E-state index contributed by atoms with van der Waals surface area (Å²) in [4.78, 5) is 2.35. The molecule has 0 aliphatic carbocycles. The topological polar surface area (TPSA) is 12.5 Å². The number of morpholine rings is 1. The van der Waals surface area contributed by atoms with Crippen LogP contribution < -0.4 is 4.90 Å². The number of ether oxygens (including phenoxy) is 1. The van der Waals surface area contributed by atoms with Crippen LogP contribution in [0.3, 0.4) is 0 Å². The number of hydrogen-bond acceptors (Lipinski definition) is 2. The fraction of sp³-hybridized carbons (Fsp3) is 0.538. The van der Waals surface area contributed by atoms with Gasteiger partial charge in [0.2, 0.25) is 0 Å². The van der Waals surface area contributed by atoms with Gasteiger partial charge in [-0.05, 0) is 37.6 Å². The molecule has 94 valence electrons. The van der Waals surface area contributed by atoms with Crippen LogP contribution in [-0.2, 0) is 10.6 Å². The van der Waals surface area contributed by atoms with Crippen LogP contribution in [0.15, 0.2) is 22.7 Å². The Kier molecular flexibility index (Phi) is 4.01. The van der Waals surface area contributed by atoms with Gasteiger partial charge in [0.15, 0.2) is 0 Å². The lowest BCUT2D eigenvalue weighted by Crippen LogP contribution is -2.48. The first kappa shape index (κ1) is 13.2. The largest absolute Gasteiger partial charge is 0.372 e. The Morgan fingerprint density at radius 3 is 2.88 bits per heavy atom. The molecule has 0 radical (unpaired) electrons. The van der Waals surface area contributed by atoms with Crippen LogP contribution in [0.1, 0.15) is 19.4 Å². The molecule has 0 unspecified atom stereocenters. The van der Waals surface area contributed by atoms with Crippen LogP contribution >= 0.6 is 27.5 Å². The molecule has 1 saturated heterocycles. The number of hydrogen-bond donors (Lipinski definition) is 0.